The highest BCUT2D eigenvalue weighted by Gasteiger charge is 2.32. The summed E-state index contributed by atoms with van der Waals surface area (Å²) in [4.78, 5) is 22.3. The van der Waals surface area contributed by atoms with Crippen LogP contribution >= 0.6 is 0 Å². The van der Waals surface area contributed by atoms with Crippen LogP contribution in [0.15, 0.2) is 30.5 Å². The summed E-state index contributed by atoms with van der Waals surface area (Å²) < 4.78 is 61.8. The van der Waals surface area contributed by atoms with Gasteiger partial charge in [0.2, 0.25) is 0 Å². The Hall–Kier alpha value is -3.14. The topological polar surface area (TPSA) is 67.5 Å². The molecule has 1 fully saturated rings. The Morgan fingerprint density at radius 1 is 1.08 bits per heavy atom. The van der Waals surface area contributed by atoms with Crippen molar-refractivity contribution >= 4 is 16.9 Å². The molecule has 0 spiro atoms. The number of alkyl halides is 3. The van der Waals surface area contributed by atoms with Gasteiger partial charge in [-0.25, -0.2) is 9.37 Å². The zero-order valence-electron chi connectivity index (χ0n) is 19.8. The maximum Gasteiger partial charge on any atom is 0.573 e. The lowest BCUT2D eigenvalue weighted by Crippen LogP contribution is -2.38. The molecule has 1 aliphatic carbocycles. The van der Waals surface area contributed by atoms with Gasteiger partial charge in [-0.3, -0.25) is 4.79 Å². The first kappa shape index (κ1) is 24.5. The Bertz CT molecular complexity index is 1250. The number of nitrogens with one attached hydrogen (secondary N) is 1. The van der Waals surface area contributed by atoms with Crippen LogP contribution in [0.3, 0.4) is 0 Å². The predicted octanol–water partition coefficient (Wildman–Crippen LogP) is 5.51. The fourth-order valence-electron chi connectivity index (χ4n) is 5.50. The molecule has 36 heavy (non-hydrogen) atoms. The molecule has 6 nitrogen and oxygen atoms in total. The third kappa shape index (κ3) is 4.91. The molecule has 1 atom stereocenters. The number of aryl methyl sites for hydroxylation is 2. The van der Waals surface area contributed by atoms with E-state index in [9.17, 15) is 18.0 Å². The molecule has 1 amide bonds. The summed E-state index contributed by atoms with van der Waals surface area (Å²) >= 11 is 0. The van der Waals surface area contributed by atoms with Gasteiger partial charge in [0.15, 0.2) is 0 Å². The second-order valence-electron chi connectivity index (χ2n) is 9.40. The van der Waals surface area contributed by atoms with Crippen molar-refractivity contribution in [3.63, 3.8) is 0 Å². The third-order valence-electron chi connectivity index (χ3n) is 7.30. The van der Waals surface area contributed by atoms with Crippen LogP contribution in [0.5, 0.6) is 5.75 Å². The van der Waals surface area contributed by atoms with Gasteiger partial charge in [-0.15, -0.1) is 13.2 Å². The molecule has 2 aliphatic rings. The number of carbonyl (C=O) groups is 1. The SMILES string of the molecule is COC1CCc2[nH]c3ncc(F)c(C4CCN(C(=O)c5ccc(OC(F)(F)F)cc5)CC4)c3c2CC1. The van der Waals surface area contributed by atoms with E-state index in [4.69, 9.17) is 4.74 Å². The molecule has 0 saturated carbocycles. The number of aromatic nitrogens is 2. The van der Waals surface area contributed by atoms with Crippen LogP contribution in [0, 0.1) is 5.82 Å². The van der Waals surface area contributed by atoms with E-state index in [-0.39, 0.29) is 35.1 Å². The minimum Gasteiger partial charge on any atom is -0.406 e. The molecular weight excluding hydrogens is 478 g/mol. The average molecular weight is 506 g/mol. The summed E-state index contributed by atoms with van der Waals surface area (Å²) in [6, 6.07) is 4.90. The van der Waals surface area contributed by atoms with Crippen molar-refractivity contribution in [2.45, 2.75) is 56.9 Å². The van der Waals surface area contributed by atoms with Crippen molar-refractivity contribution in [3.8, 4) is 5.75 Å². The van der Waals surface area contributed by atoms with Crippen molar-refractivity contribution in [2.24, 2.45) is 0 Å². The van der Waals surface area contributed by atoms with Crippen molar-refractivity contribution in [1.82, 2.24) is 14.9 Å². The maximum absolute atomic E-state index is 15.2. The van der Waals surface area contributed by atoms with Crippen molar-refractivity contribution in [3.05, 3.63) is 58.7 Å². The summed E-state index contributed by atoms with van der Waals surface area (Å²) in [7, 11) is 1.72. The number of benzene rings is 1. The first-order valence-electron chi connectivity index (χ1n) is 12.1. The van der Waals surface area contributed by atoms with Crippen molar-refractivity contribution in [2.75, 3.05) is 20.2 Å². The summed E-state index contributed by atoms with van der Waals surface area (Å²) in [5.41, 5.74) is 3.85. The molecule has 2 aromatic heterocycles. The van der Waals surface area contributed by atoms with Crippen LogP contribution in [-0.4, -0.2) is 53.4 Å². The molecule has 10 heteroatoms. The lowest BCUT2D eigenvalue weighted by atomic mass is 9.86. The summed E-state index contributed by atoms with van der Waals surface area (Å²) in [6.07, 6.45) is 1.20. The Labute approximate surface area is 205 Å². The molecule has 1 N–H and O–H groups in total. The molecule has 3 heterocycles. The third-order valence-corrected chi connectivity index (χ3v) is 7.30. The number of aromatic amines is 1. The summed E-state index contributed by atoms with van der Waals surface area (Å²) in [5, 5.41) is 0.867. The second kappa shape index (κ2) is 9.72. The summed E-state index contributed by atoms with van der Waals surface area (Å²) in [5.74, 6) is -1.05. The summed E-state index contributed by atoms with van der Waals surface area (Å²) in [6.45, 7) is 0.845. The number of likely N-dealkylation sites (tertiary alicyclic amines) is 1. The minimum atomic E-state index is -4.79. The number of nitrogens with zero attached hydrogens (tertiary/aromatic N) is 2. The molecule has 0 bridgehead atoms. The van der Waals surface area contributed by atoms with Crippen LogP contribution in [0.1, 0.15) is 58.8 Å². The van der Waals surface area contributed by atoms with Gasteiger partial charge in [0.25, 0.3) is 5.91 Å². The highest BCUT2D eigenvalue weighted by molar-refractivity contribution is 5.94. The molecule has 1 saturated heterocycles. The van der Waals surface area contributed by atoms with Crippen molar-refractivity contribution < 1.29 is 31.8 Å². The van der Waals surface area contributed by atoms with Crippen LogP contribution in [0.4, 0.5) is 17.6 Å². The maximum atomic E-state index is 15.2. The van der Waals surface area contributed by atoms with Gasteiger partial charge in [0.05, 0.1) is 12.3 Å². The van der Waals surface area contributed by atoms with Gasteiger partial charge in [0, 0.05) is 42.4 Å². The molecule has 3 aromatic rings. The van der Waals surface area contributed by atoms with Gasteiger partial charge in [-0.1, -0.05) is 0 Å². The number of hydrogen-bond acceptors (Lipinski definition) is 4. The van der Waals surface area contributed by atoms with E-state index in [0.717, 1.165) is 54.5 Å². The molecule has 1 unspecified atom stereocenters. The van der Waals surface area contributed by atoms with Gasteiger partial charge < -0.3 is 19.4 Å². The first-order valence-corrected chi connectivity index (χ1v) is 12.1. The molecular formula is C26H27F4N3O3. The number of H-pyrrole nitrogens is 1. The standard InChI is InChI=1S/C26H27F4N3O3/c1-35-17-6-8-19-21(9-7-17)32-24-23(19)22(20(27)14-31-24)15-10-12-33(13-11-15)25(34)16-2-4-18(5-3-16)36-26(28,29)30/h2-5,14-15,17H,6-13H2,1H3,(H,31,32). The Morgan fingerprint density at radius 3 is 2.44 bits per heavy atom. The fraction of sp³-hybridized carbons (Fsp3) is 0.462. The number of fused-ring (bicyclic) bond motifs is 3. The Morgan fingerprint density at radius 2 is 1.78 bits per heavy atom. The number of halogens is 4. The number of rotatable bonds is 4. The zero-order chi connectivity index (χ0) is 25.4. The fourth-order valence-corrected chi connectivity index (χ4v) is 5.50. The average Bonchev–Trinajstić information content (AvgIpc) is 3.08. The molecule has 0 radical (unpaired) electrons. The number of hydrogen-bond donors (Lipinski definition) is 1. The highest BCUT2D eigenvalue weighted by atomic mass is 19.4. The van der Waals surface area contributed by atoms with E-state index >= 15 is 4.39 Å². The largest absolute Gasteiger partial charge is 0.573 e. The number of carbonyl (C=O) groups excluding carboxylic acids is 1. The van der Waals surface area contributed by atoms with E-state index in [2.05, 4.69) is 14.7 Å². The monoisotopic (exact) mass is 505 g/mol. The molecule has 1 aliphatic heterocycles. The van der Waals surface area contributed by atoms with Crippen LogP contribution < -0.4 is 4.74 Å². The quantitative estimate of drug-likeness (QED) is 0.375. The normalized spacial score (nSPS) is 19.2. The van der Waals surface area contributed by atoms with E-state index in [1.165, 1.54) is 18.3 Å². The lowest BCUT2D eigenvalue weighted by Gasteiger charge is -2.33. The van der Waals surface area contributed by atoms with Gasteiger partial charge in [0.1, 0.15) is 17.2 Å². The number of pyridine rings is 1. The number of piperidine rings is 1. The van der Waals surface area contributed by atoms with E-state index in [0.29, 0.717) is 37.1 Å². The van der Waals surface area contributed by atoms with Gasteiger partial charge in [-0.2, -0.15) is 0 Å². The molecule has 1 aromatic carbocycles. The molecule has 5 rings (SSSR count). The predicted molar refractivity (Wildman–Crippen MR) is 124 cm³/mol. The zero-order valence-corrected chi connectivity index (χ0v) is 19.8. The first-order chi connectivity index (χ1) is 17.2. The van der Waals surface area contributed by atoms with Gasteiger partial charge >= 0.3 is 6.36 Å². The Balaban J connectivity index is 1.32. The minimum absolute atomic E-state index is 0.0662. The second-order valence-corrected chi connectivity index (χ2v) is 9.40. The lowest BCUT2D eigenvalue weighted by molar-refractivity contribution is -0.274. The number of ether oxygens (including phenoxy) is 2. The number of methoxy groups -OCH3 is 1. The highest BCUT2D eigenvalue weighted by Crippen LogP contribution is 2.39. The van der Waals surface area contributed by atoms with Crippen LogP contribution in [0.2, 0.25) is 0 Å². The Kier molecular flexibility index (Phi) is 6.63. The molecule has 192 valence electrons. The van der Waals surface area contributed by atoms with Gasteiger partial charge in [-0.05, 0) is 74.3 Å². The van der Waals surface area contributed by atoms with Crippen LogP contribution in [-0.2, 0) is 17.6 Å². The van der Waals surface area contributed by atoms with E-state index < -0.39 is 6.36 Å². The van der Waals surface area contributed by atoms with Crippen molar-refractivity contribution in [1.29, 1.82) is 0 Å². The van der Waals surface area contributed by atoms with E-state index in [1.807, 2.05) is 0 Å². The number of amides is 1. The smallest absolute Gasteiger partial charge is 0.406 e. The van der Waals surface area contributed by atoms with Crippen LogP contribution in [0.25, 0.3) is 11.0 Å². The van der Waals surface area contributed by atoms with E-state index in [1.54, 1.807) is 12.0 Å².